The normalized spacial score (nSPS) is 12.2. The lowest BCUT2D eigenvalue weighted by molar-refractivity contribution is -0.117. The van der Waals surface area contributed by atoms with Crippen LogP contribution in [0, 0.1) is 0 Å². The third kappa shape index (κ3) is 3.16. The highest BCUT2D eigenvalue weighted by molar-refractivity contribution is 9.10. The summed E-state index contributed by atoms with van der Waals surface area (Å²) >= 11 is 3.31. The summed E-state index contributed by atoms with van der Waals surface area (Å²) < 4.78 is 0.926. The highest BCUT2D eigenvalue weighted by Crippen LogP contribution is 2.15. The molecule has 13 heavy (non-hydrogen) atoms. The monoisotopic (exact) mass is 242 g/mol. The summed E-state index contributed by atoms with van der Waals surface area (Å²) in [6, 6.07) is 6.88. The van der Waals surface area contributed by atoms with Gasteiger partial charge in [-0.25, -0.2) is 0 Å². The molecule has 0 radical (unpaired) electrons. The molecule has 1 rings (SSSR count). The molecule has 1 aromatic carbocycles. The number of nitrogens with one attached hydrogen (secondary N) is 1. The number of hydrogen-bond donors (Lipinski definition) is 2. The van der Waals surface area contributed by atoms with E-state index in [1.54, 1.807) is 6.92 Å². The molecule has 0 aliphatic rings. The molecule has 4 heteroatoms. The lowest BCUT2D eigenvalue weighted by Crippen LogP contribution is -2.32. The van der Waals surface area contributed by atoms with Gasteiger partial charge in [0.25, 0.3) is 0 Å². The molecule has 0 spiro atoms. The molecule has 1 amide bonds. The molecule has 0 aromatic heterocycles. The predicted octanol–water partition coefficient (Wildman–Crippen LogP) is 1.73. The molecule has 3 N–H and O–H groups in total. The van der Waals surface area contributed by atoms with Crippen LogP contribution in [0.15, 0.2) is 28.7 Å². The Kier molecular flexibility index (Phi) is 3.45. The van der Waals surface area contributed by atoms with Gasteiger partial charge < -0.3 is 11.1 Å². The van der Waals surface area contributed by atoms with E-state index in [0.29, 0.717) is 0 Å². The van der Waals surface area contributed by atoms with Crippen molar-refractivity contribution >= 4 is 27.5 Å². The van der Waals surface area contributed by atoms with Crippen molar-refractivity contribution in [2.45, 2.75) is 13.0 Å². The van der Waals surface area contributed by atoms with E-state index in [2.05, 4.69) is 21.2 Å². The zero-order valence-corrected chi connectivity index (χ0v) is 8.84. The minimum atomic E-state index is -0.487. The van der Waals surface area contributed by atoms with Gasteiger partial charge in [-0.3, -0.25) is 4.79 Å². The van der Waals surface area contributed by atoms with Gasteiger partial charge in [0.15, 0.2) is 0 Å². The first-order chi connectivity index (χ1) is 6.09. The van der Waals surface area contributed by atoms with E-state index in [9.17, 15) is 4.79 Å². The van der Waals surface area contributed by atoms with E-state index in [0.717, 1.165) is 10.2 Å². The van der Waals surface area contributed by atoms with Gasteiger partial charge >= 0.3 is 0 Å². The van der Waals surface area contributed by atoms with E-state index >= 15 is 0 Å². The van der Waals surface area contributed by atoms with Crippen LogP contribution >= 0.6 is 15.9 Å². The number of nitrogens with two attached hydrogens (primary N) is 1. The summed E-state index contributed by atoms with van der Waals surface area (Å²) in [6.07, 6.45) is 0. The summed E-state index contributed by atoms with van der Waals surface area (Å²) in [4.78, 5) is 11.2. The number of benzene rings is 1. The van der Waals surface area contributed by atoms with Crippen LogP contribution in [0.25, 0.3) is 0 Å². The molecule has 3 nitrogen and oxygen atoms in total. The second-order valence-electron chi connectivity index (χ2n) is 2.79. The highest BCUT2D eigenvalue weighted by Gasteiger charge is 2.06. The van der Waals surface area contributed by atoms with Crippen molar-refractivity contribution < 1.29 is 4.79 Å². The van der Waals surface area contributed by atoms with E-state index in [-0.39, 0.29) is 5.91 Å². The Labute approximate surface area is 85.4 Å². The minimum Gasteiger partial charge on any atom is -0.325 e. The standard InChI is InChI=1S/C9H11BrN2O/c1-6(11)9(13)12-8-4-2-3-7(10)5-8/h2-6H,11H2,1H3,(H,12,13)/t6-/m1/s1. The molecule has 0 bridgehead atoms. The fourth-order valence-electron chi connectivity index (χ4n) is 0.822. The second-order valence-corrected chi connectivity index (χ2v) is 3.70. The molecule has 0 aliphatic heterocycles. The first kappa shape index (κ1) is 10.2. The van der Waals surface area contributed by atoms with E-state index in [4.69, 9.17) is 5.73 Å². The van der Waals surface area contributed by atoms with E-state index in [1.807, 2.05) is 24.3 Å². The van der Waals surface area contributed by atoms with Crippen molar-refractivity contribution in [2.24, 2.45) is 5.73 Å². The van der Waals surface area contributed by atoms with Crippen LogP contribution in [0.2, 0.25) is 0 Å². The minimum absolute atomic E-state index is 0.182. The van der Waals surface area contributed by atoms with Crippen molar-refractivity contribution in [2.75, 3.05) is 5.32 Å². The molecule has 0 saturated heterocycles. The quantitative estimate of drug-likeness (QED) is 0.831. The lowest BCUT2D eigenvalue weighted by atomic mass is 10.3. The maximum atomic E-state index is 11.2. The number of carbonyl (C=O) groups excluding carboxylic acids is 1. The predicted molar refractivity (Wildman–Crippen MR) is 56.4 cm³/mol. The van der Waals surface area contributed by atoms with Crippen LogP contribution in [0.5, 0.6) is 0 Å². The van der Waals surface area contributed by atoms with Crippen LogP contribution in [-0.2, 0) is 4.79 Å². The number of rotatable bonds is 2. The van der Waals surface area contributed by atoms with Gasteiger partial charge in [0, 0.05) is 10.2 Å². The molecule has 70 valence electrons. The molecule has 0 aliphatic carbocycles. The highest BCUT2D eigenvalue weighted by atomic mass is 79.9. The molecular weight excluding hydrogens is 232 g/mol. The summed E-state index contributed by atoms with van der Waals surface area (Å²) in [6.45, 7) is 1.65. The molecule has 0 unspecified atom stereocenters. The first-order valence-electron chi connectivity index (χ1n) is 3.91. The van der Waals surface area contributed by atoms with Gasteiger partial charge in [-0.05, 0) is 25.1 Å². The van der Waals surface area contributed by atoms with Crippen LogP contribution in [0.3, 0.4) is 0 Å². The second kappa shape index (κ2) is 4.39. The van der Waals surface area contributed by atoms with Crippen molar-refractivity contribution in [3.63, 3.8) is 0 Å². The molecule has 0 heterocycles. The molecular formula is C9H11BrN2O. The van der Waals surface area contributed by atoms with Crippen molar-refractivity contribution in [3.05, 3.63) is 28.7 Å². The van der Waals surface area contributed by atoms with E-state index in [1.165, 1.54) is 0 Å². The Morgan fingerprint density at radius 1 is 1.62 bits per heavy atom. The molecule has 0 fully saturated rings. The number of anilines is 1. The zero-order chi connectivity index (χ0) is 9.84. The van der Waals surface area contributed by atoms with Crippen LogP contribution < -0.4 is 11.1 Å². The Morgan fingerprint density at radius 2 is 2.31 bits per heavy atom. The van der Waals surface area contributed by atoms with Gasteiger partial charge in [-0.1, -0.05) is 22.0 Å². The van der Waals surface area contributed by atoms with Gasteiger partial charge in [0.2, 0.25) is 5.91 Å². The molecule has 0 saturated carbocycles. The summed E-state index contributed by atoms with van der Waals surface area (Å²) in [7, 11) is 0. The Hall–Kier alpha value is -0.870. The van der Waals surface area contributed by atoms with Crippen molar-refractivity contribution in [3.8, 4) is 0 Å². The molecule has 1 atom stereocenters. The van der Waals surface area contributed by atoms with E-state index < -0.39 is 6.04 Å². The third-order valence-corrected chi connectivity index (χ3v) is 2.00. The maximum Gasteiger partial charge on any atom is 0.240 e. The Balaban J connectivity index is 2.69. The fourth-order valence-corrected chi connectivity index (χ4v) is 1.22. The van der Waals surface area contributed by atoms with Crippen LogP contribution in [0.4, 0.5) is 5.69 Å². The average molecular weight is 243 g/mol. The van der Waals surface area contributed by atoms with Gasteiger partial charge in [-0.15, -0.1) is 0 Å². The number of hydrogen-bond acceptors (Lipinski definition) is 2. The zero-order valence-electron chi connectivity index (χ0n) is 7.25. The summed E-state index contributed by atoms with van der Waals surface area (Å²) in [5.41, 5.74) is 6.14. The Morgan fingerprint density at radius 3 is 2.85 bits per heavy atom. The maximum absolute atomic E-state index is 11.2. The number of halogens is 1. The number of carbonyl (C=O) groups is 1. The smallest absolute Gasteiger partial charge is 0.240 e. The van der Waals surface area contributed by atoms with Crippen LogP contribution in [0.1, 0.15) is 6.92 Å². The largest absolute Gasteiger partial charge is 0.325 e. The SMILES string of the molecule is C[C@@H](N)C(=O)Nc1cccc(Br)c1. The van der Waals surface area contributed by atoms with Gasteiger partial charge in [0.1, 0.15) is 0 Å². The van der Waals surface area contributed by atoms with Gasteiger partial charge in [-0.2, -0.15) is 0 Å². The van der Waals surface area contributed by atoms with Gasteiger partial charge in [0.05, 0.1) is 6.04 Å². The topological polar surface area (TPSA) is 55.1 Å². The lowest BCUT2D eigenvalue weighted by Gasteiger charge is -2.07. The molecule has 1 aromatic rings. The number of amides is 1. The third-order valence-electron chi connectivity index (χ3n) is 1.51. The van der Waals surface area contributed by atoms with Crippen LogP contribution in [-0.4, -0.2) is 11.9 Å². The van der Waals surface area contributed by atoms with Crippen molar-refractivity contribution in [1.82, 2.24) is 0 Å². The first-order valence-corrected chi connectivity index (χ1v) is 4.71. The average Bonchev–Trinajstić information content (AvgIpc) is 2.04. The summed E-state index contributed by atoms with van der Waals surface area (Å²) in [5, 5.41) is 2.69. The summed E-state index contributed by atoms with van der Waals surface area (Å²) in [5.74, 6) is -0.182. The van der Waals surface area contributed by atoms with Crippen molar-refractivity contribution in [1.29, 1.82) is 0 Å². The Bertz CT molecular complexity index is 312. The fraction of sp³-hybridized carbons (Fsp3) is 0.222.